The zero-order valence-electron chi connectivity index (χ0n) is 12.0. The van der Waals surface area contributed by atoms with E-state index in [-0.39, 0.29) is 24.4 Å². The molecule has 112 valence electrons. The second-order valence-corrected chi connectivity index (χ2v) is 6.08. The lowest BCUT2D eigenvalue weighted by Crippen LogP contribution is -2.44. The van der Waals surface area contributed by atoms with Crippen molar-refractivity contribution in [3.8, 4) is 0 Å². The minimum absolute atomic E-state index is 0. The quantitative estimate of drug-likeness (QED) is 0.832. The minimum Gasteiger partial charge on any atom is -0.375 e. The Morgan fingerprint density at radius 1 is 1.26 bits per heavy atom. The Labute approximate surface area is 122 Å². The molecule has 2 aliphatic rings. The van der Waals surface area contributed by atoms with Gasteiger partial charge in [-0.1, -0.05) is 13.8 Å². The molecule has 3 atom stereocenters. The average Bonchev–Trinajstić information content (AvgIpc) is 2.28. The predicted molar refractivity (Wildman–Crippen MR) is 78.6 cm³/mol. The summed E-state index contributed by atoms with van der Waals surface area (Å²) in [6.45, 7) is 6.97. The molecule has 0 aromatic rings. The highest BCUT2D eigenvalue weighted by Crippen LogP contribution is 2.28. The Morgan fingerprint density at radius 3 is 2.53 bits per heavy atom. The third kappa shape index (κ3) is 5.67. The Morgan fingerprint density at radius 2 is 1.95 bits per heavy atom. The average molecular weight is 291 g/mol. The number of nitrogens with one attached hydrogen (secondary N) is 2. The van der Waals surface area contributed by atoms with Gasteiger partial charge in [0.2, 0.25) is 5.91 Å². The van der Waals surface area contributed by atoms with Crippen molar-refractivity contribution in [2.75, 3.05) is 19.7 Å². The molecular formula is C14H27ClN2O2. The summed E-state index contributed by atoms with van der Waals surface area (Å²) in [7, 11) is 0. The number of ether oxygens (including phenoxy) is 1. The van der Waals surface area contributed by atoms with E-state index in [9.17, 15) is 4.79 Å². The zero-order chi connectivity index (χ0) is 13.0. The number of carbonyl (C=O) groups excluding carboxylic acids is 1. The SMILES string of the molecule is CC1CC(C)CC(NC(=O)CC2CNCCO2)C1.Cl. The van der Waals surface area contributed by atoms with Crippen molar-refractivity contribution in [1.82, 2.24) is 10.6 Å². The zero-order valence-corrected chi connectivity index (χ0v) is 12.8. The number of carbonyl (C=O) groups is 1. The molecule has 0 aromatic heterocycles. The van der Waals surface area contributed by atoms with Crippen LogP contribution in [0.4, 0.5) is 0 Å². The summed E-state index contributed by atoms with van der Waals surface area (Å²) in [4.78, 5) is 12.0. The van der Waals surface area contributed by atoms with Gasteiger partial charge in [0, 0.05) is 19.1 Å². The van der Waals surface area contributed by atoms with Gasteiger partial charge in [0.25, 0.3) is 0 Å². The van der Waals surface area contributed by atoms with E-state index in [1.165, 1.54) is 6.42 Å². The first-order valence-corrected chi connectivity index (χ1v) is 7.25. The van der Waals surface area contributed by atoms with E-state index >= 15 is 0 Å². The van der Waals surface area contributed by atoms with Crippen molar-refractivity contribution in [2.24, 2.45) is 11.8 Å². The third-order valence-electron chi connectivity index (χ3n) is 3.96. The van der Waals surface area contributed by atoms with Crippen molar-refractivity contribution in [1.29, 1.82) is 0 Å². The van der Waals surface area contributed by atoms with Crippen molar-refractivity contribution >= 4 is 18.3 Å². The molecule has 5 heteroatoms. The Hall–Kier alpha value is -0.320. The normalized spacial score (nSPS) is 35.3. The molecule has 2 N–H and O–H groups in total. The van der Waals surface area contributed by atoms with E-state index in [0.29, 0.717) is 12.5 Å². The second-order valence-electron chi connectivity index (χ2n) is 6.08. The summed E-state index contributed by atoms with van der Waals surface area (Å²) in [5, 5.41) is 6.43. The summed E-state index contributed by atoms with van der Waals surface area (Å²) < 4.78 is 5.56. The van der Waals surface area contributed by atoms with Gasteiger partial charge in [-0.25, -0.2) is 0 Å². The first-order chi connectivity index (χ1) is 8.63. The first-order valence-electron chi connectivity index (χ1n) is 7.25. The van der Waals surface area contributed by atoms with Crippen molar-refractivity contribution in [2.45, 2.75) is 51.7 Å². The molecule has 2 rings (SSSR count). The molecule has 1 aliphatic heterocycles. The maximum atomic E-state index is 12.0. The molecule has 0 bridgehead atoms. The maximum Gasteiger partial charge on any atom is 0.222 e. The van der Waals surface area contributed by atoms with Crippen LogP contribution in [0.1, 0.15) is 39.5 Å². The largest absolute Gasteiger partial charge is 0.375 e. The minimum atomic E-state index is 0. The lowest BCUT2D eigenvalue weighted by Gasteiger charge is -2.32. The fraction of sp³-hybridized carbons (Fsp3) is 0.929. The van der Waals surface area contributed by atoms with Gasteiger partial charge in [-0.05, 0) is 31.1 Å². The molecule has 1 heterocycles. The van der Waals surface area contributed by atoms with Crippen LogP contribution in [0.2, 0.25) is 0 Å². The van der Waals surface area contributed by atoms with Gasteiger partial charge in [0.05, 0.1) is 19.1 Å². The van der Waals surface area contributed by atoms with Gasteiger partial charge < -0.3 is 15.4 Å². The topological polar surface area (TPSA) is 50.4 Å². The fourth-order valence-electron chi connectivity index (χ4n) is 3.31. The molecule has 1 aliphatic carbocycles. The molecule has 0 aromatic carbocycles. The Bertz CT molecular complexity index is 273. The van der Waals surface area contributed by atoms with Crippen LogP contribution in [-0.2, 0) is 9.53 Å². The van der Waals surface area contributed by atoms with Crippen LogP contribution in [0.25, 0.3) is 0 Å². The van der Waals surface area contributed by atoms with E-state index < -0.39 is 0 Å². The van der Waals surface area contributed by atoms with Gasteiger partial charge in [0.1, 0.15) is 0 Å². The van der Waals surface area contributed by atoms with Gasteiger partial charge >= 0.3 is 0 Å². The van der Waals surface area contributed by atoms with Crippen molar-refractivity contribution in [3.05, 3.63) is 0 Å². The lowest BCUT2D eigenvalue weighted by atomic mass is 9.80. The van der Waals surface area contributed by atoms with E-state index in [1.54, 1.807) is 0 Å². The van der Waals surface area contributed by atoms with Gasteiger partial charge in [0.15, 0.2) is 0 Å². The molecule has 3 unspecified atom stereocenters. The number of amides is 1. The molecule has 2 fully saturated rings. The van der Waals surface area contributed by atoms with Gasteiger partial charge in [-0.15, -0.1) is 12.4 Å². The molecule has 19 heavy (non-hydrogen) atoms. The summed E-state index contributed by atoms with van der Waals surface area (Å²) in [5.74, 6) is 1.60. The van der Waals surface area contributed by atoms with Gasteiger partial charge in [-0.2, -0.15) is 0 Å². The lowest BCUT2D eigenvalue weighted by molar-refractivity contribution is -0.125. The highest BCUT2D eigenvalue weighted by Gasteiger charge is 2.26. The number of hydrogen-bond donors (Lipinski definition) is 2. The molecule has 4 nitrogen and oxygen atoms in total. The third-order valence-corrected chi connectivity index (χ3v) is 3.96. The molecule has 0 spiro atoms. The number of rotatable bonds is 3. The van der Waals surface area contributed by atoms with E-state index in [2.05, 4.69) is 24.5 Å². The summed E-state index contributed by atoms with van der Waals surface area (Å²) in [6, 6.07) is 0.368. The molecule has 0 radical (unpaired) electrons. The number of morpholine rings is 1. The first kappa shape index (κ1) is 16.7. The standard InChI is InChI=1S/C14H26N2O2.ClH/c1-10-5-11(2)7-12(6-10)16-14(17)8-13-9-15-3-4-18-13;/h10-13,15H,3-9H2,1-2H3,(H,16,17);1H. The van der Waals surface area contributed by atoms with Crippen LogP contribution >= 0.6 is 12.4 Å². The highest BCUT2D eigenvalue weighted by molar-refractivity contribution is 5.85. The van der Waals surface area contributed by atoms with Crippen LogP contribution in [-0.4, -0.2) is 37.7 Å². The predicted octanol–water partition coefficient (Wildman–Crippen LogP) is 1.73. The van der Waals surface area contributed by atoms with Crippen LogP contribution < -0.4 is 10.6 Å². The van der Waals surface area contributed by atoms with Crippen LogP contribution in [0.5, 0.6) is 0 Å². The molecule has 1 saturated heterocycles. The Balaban J connectivity index is 0.00000180. The highest BCUT2D eigenvalue weighted by atomic mass is 35.5. The molecule has 1 amide bonds. The van der Waals surface area contributed by atoms with Gasteiger partial charge in [-0.3, -0.25) is 4.79 Å². The smallest absolute Gasteiger partial charge is 0.222 e. The van der Waals surface area contributed by atoms with E-state index in [1.807, 2.05) is 0 Å². The van der Waals surface area contributed by atoms with Crippen molar-refractivity contribution in [3.63, 3.8) is 0 Å². The monoisotopic (exact) mass is 290 g/mol. The van der Waals surface area contributed by atoms with Crippen LogP contribution in [0.15, 0.2) is 0 Å². The van der Waals surface area contributed by atoms with E-state index in [4.69, 9.17) is 4.74 Å². The summed E-state index contributed by atoms with van der Waals surface area (Å²) in [6.07, 6.45) is 4.09. The maximum absolute atomic E-state index is 12.0. The molecule has 1 saturated carbocycles. The Kier molecular flexibility index (Phi) is 7.11. The van der Waals surface area contributed by atoms with Crippen molar-refractivity contribution < 1.29 is 9.53 Å². The number of hydrogen-bond acceptors (Lipinski definition) is 3. The summed E-state index contributed by atoms with van der Waals surface area (Å²) in [5.41, 5.74) is 0. The number of halogens is 1. The second kappa shape index (κ2) is 8.08. The fourth-order valence-corrected chi connectivity index (χ4v) is 3.31. The molecular weight excluding hydrogens is 264 g/mol. The van der Waals surface area contributed by atoms with Crippen LogP contribution in [0.3, 0.4) is 0 Å². The van der Waals surface area contributed by atoms with Crippen LogP contribution in [0, 0.1) is 11.8 Å². The summed E-state index contributed by atoms with van der Waals surface area (Å²) >= 11 is 0. The van der Waals surface area contributed by atoms with E-state index in [0.717, 1.165) is 44.4 Å².